The van der Waals surface area contributed by atoms with Gasteiger partial charge in [-0.1, -0.05) is 43.7 Å². The summed E-state index contributed by atoms with van der Waals surface area (Å²) >= 11 is 0. The lowest BCUT2D eigenvalue weighted by molar-refractivity contribution is 0.291. The molecule has 2 atom stereocenters. The smallest absolute Gasteiger partial charge is 0.181 e. The molecule has 19 heavy (non-hydrogen) atoms. The van der Waals surface area contributed by atoms with Crippen molar-refractivity contribution in [2.45, 2.75) is 32.2 Å². The number of piperidine rings is 1. The van der Waals surface area contributed by atoms with Crippen LogP contribution in [0.1, 0.15) is 38.1 Å². The van der Waals surface area contributed by atoms with E-state index in [2.05, 4.69) is 27.4 Å². The molecular weight excluding hydrogens is 236 g/mol. The molecule has 1 aliphatic rings. The van der Waals surface area contributed by atoms with E-state index in [1.165, 1.54) is 12.8 Å². The molecule has 100 valence electrons. The van der Waals surface area contributed by atoms with Crippen molar-refractivity contribution in [2.75, 3.05) is 6.54 Å². The van der Waals surface area contributed by atoms with E-state index in [9.17, 15) is 0 Å². The number of aromatic nitrogens is 3. The summed E-state index contributed by atoms with van der Waals surface area (Å²) in [6.07, 6.45) is 3.67. The molecule has 0 spiro atoms. The van der Waals surface area contributed by atoms with Gasteiger partial charge in [-0.05, 0) is 25.3 Å². The Morgan fingerprint density at radius 2 is 2.11 bits per heavy atom. The molecule has 1 fully saturated rings. The summed E-state index contributed by atoms with van der Waals surface area (Å²) in [5.74, 6) is 2.56. The molecule has 4 nitrogen and oxygen atoms in total. The normalized spacial score (nSPS) is 23.4. The van der Waals surface area contributed by atoms with Crippen LogP contribution in [0, 0.1) is 5.92 Å². The Morgan fingerprint density at radius 3 is 2.89 bits per heavy atom. The highest BCUT2D eigenvalue weighted by atomic mass is 15.2. The van der Waals surface area contributed by atoms with Gasteiger partial charge in [-0.25, -0.2) is 4.98 Å². The van der Waals surface area contributed by atoms with Crippen LogP contribution < -0.4 is 5.32 Å². The molecule has 2 unspecified atom stereocenters. The van der Waals surface area contributed by atoms with Crippen LogP contribution in [0.15, 0.2) is 30.3 Å². The highest BCUT2D eigenvalue weighted by Gasteiger charge is 2.24. The first-order valence-corrected chi connectivity index (χ1v) is 7.08. The van der Waals surface area contributed by atoms with Gasteiger partial charge >= 0.3 is 0 Å². The van der Waals surface area contributed by atoms with Crippen LogP contribution in [0.2, 0.25) is 0 Å². The lowest BCUT2D eigenvalue weighted by Gasteiger charge is -2.28. The Labute approximate surface area is 113 Å². The minimum atomic E-state index is 0.323. The Morgan fingerprint density at radius 1 is 1.26 bits per heavy atom. The Kier molecular flexibility index (Phi) is 3.60. The third kappa shape index (κ3) is 2.68. The van der Waals surface area contributed by atoms with Crippen LogP contribution in [0.3, 0.4) is 0 Å². The van der Waals surface area contributed by atoms with Crippen molar-refractivity contribution in [2.24, 2.45) is 5.92 Å². The standard InChI is InChI=1S/C15H20N4/c1-2-11-8-9-16-13(10-11)15-17-14(18-19-15)12-6-4-3-5-7-12/h3-7,11,13,16H,2,8-10H2,1H3,(H,17,18,19). The van der Waals surface area contributed by atoms with Crippen LogP contribution in [-0.4, -0.2) is 21.7 Å². The van der Waals surface area contributed by atoms with Gasteiger partial charge in [0.05, 0.1) is 6.04 Å². The van der Waals surface area contributed by atoms with E-state index >= 15 is 0 Å². The Hall–Kier alpha value is -1.68. The van der Waals surface area contributed by atoms with Crippen molar-refractivity contribution in [1.29, 1.82) is 0 Å². The van der Waals surface area contributed by atoms with Crippen LogP contribution in [0.4, 0.5) is 0 Å². The summed E-state index contributed by atoms with van der Waals surface area (Å²) in [6.45, 7) is 3.34. The fourth-order valence-electron chi connectivity index (χ4n) is 2.72. The van der Waals surface area contributed by atoms with Gasteiger partial charge < -0.3 is 5.32 Å². The highest BCUT2D eigenvalue weighted by molar-refractivity contribution is 5.53. The van der Waals surface area contributed by atoms with Crippen molar-refractivity contribution >= 4 is 0 Å². The molecule has 4 heteroatoms. The maximum absolute atomic E-state index is 4.64. The predicted molar refractivity (Wildman–Crippen MR) is 75.6 cm³/mol. The molecule has 0 aliphatic carbocycles. The van der Waals surface area contributed by atoms with Crippen molar-refractivity contribution in [1.82, 2.24) is 20.5 Å². The second kappa shape index (κ2) is 5.53. The number of hydrogen-bond acceptors (Lipinski definition) is 3. The first kappa shape index (κ1) is 12.4. The quantitative estimate of drug-likeness (QED) is 0.887. The van der Waals surface area contributed by atoms with E-state index in [1.807, 2.05) is 30.3 Å². The first-order chi connectivity index (χ1) is 9.36. The van der Waals surface area contributed by atoms with E-state index in [0.29, 0.717) is 6.04 Å². The number of rotatable bonds is 3. The molecule has 0 amide bonds. The van der Waals surface area contributed by atoms with Gasteiger partial charge in [-0.3, -0.25) is 5.10 Å². The summed E-state index contributed by atoms with van der Waals surface area (Å²) < 4.78 is 0. The molecule has 1 aromatic heterocycles. The number of hydrogen-bond donors (Lipinski definition) is 2. The number of aromatic amines is 1. The predicted octanol–water partition coefficient (Wildman–Crippen LogP) is 2.92. The molecule has 2 heterocycles. The minimum absolute atomic E-state index is 0.323. The van der Waals surface area contributed by atoms with Crippen LogP contribution >= 0.6 is 0 Å². The average Bonchev–Trinajstić information content (AvgIpc) is 2.98. The zero-order valence-corrected chi connectivity index (χ0v) is 11.3. The van der Waals surface area contributed by atoms with E-state index < -0.39 is 0 Å². The van der Waals surface area contributed by atoms with Crippen molar-refractivity contribution in [3.05, 3.63) is 36.2 Å². The molecule has 1 aromatic carbocycles. The SMILES string of the molecule is CCC1CCNC(c2nc(-c3ccccc3)n[nH]2)C1. The third-order valence-corrected chi connectivity index (χ3v) is 3.95. The average molecular weight is 256 g/mol. The van der Waals surface area contributed by atoms with E-state index in [0.717, 1.165) is 36.1 Å². The molecular formula is C15H20N4. The third-order valence-electron chi connectivity index (χ3n) is 3.95. The second-order valence-electron chi connectivity index (χ2n) is 5.22. The molecule has 2 aromatic rings. The van der Waals surface area contributed by atoms with Crippen LogP contribution in [-0.2, 0) is 0 Å². The minimum Gasteiger partial charge on any atom is -0.307 e. The summed E-state index contributed by atoms with van der Waals surface area (Å²) in [6, 6.07) is 10.4. The maximum atomic E-state index is 4.64. The van der Waals surface area contributed by atoms with E-state index in [4.69, 9.17) is 0 Å². The number of benzene rings is 1. The molecule has 0 radical (unpaired) electrons. The van der Waals surface area contributed by atoms with Gasteiger partial charge in [-0.2, -0.15) is 5.10 Å². The van der Waals surface area contributed by atoms with Gasteiger partial charge in [0.25, 0.3) is 0 Å². The summed E-state index contributed by atoms with van der Waals surface area (Å²) in [4.78, 5) is 4.64. The monoisotopic (exact) mass is 256 g/mol. The highest BCUT2D eigenvalue weighted by Crippen LogP contribution is 2.28. The molecule has 3 rings (SSSR count). The fraction of sp³-hybridized carbons (Fsp3) is 0.467. The maximum Gasteiger partial charge on any atom is 0.181 e. The fourth-order valence-corrected chi connectivity index (χ4v) is 2.72. The zero-order chi connectivity index (χ0) is 13.1. The zero-order valence-electron chi connectivity index (χ0n) is 11.3. The Balaban J connectivity index is 1.78. The number of nitrogens with zero attached hydrogens (tertiary/aromatic N) is 2. The van der Waals surface area contributed by atoms with Crippen molar-refractivity contribution in [3.8, 4) is 11.4 Å². The van der Waals surface area contributed by atoms with Gasteiger partial charge in [0.1, 0.15) is 5.82 Å². The largest absolute Gasteiger partial charge is 0.307 e. The molecule has 1 aliphatic heterocycles. The van der Waals surface area contributed by atoms with E-state index in [-0.39, 0.29) is 0 Å². The number of H-pyrrole nitrogens is 1. The van der Waals surface area contributed by atoms with Gasteiger partial charge in [0.2, 0.25) is 0 Å². The number of nitrogens with one attached hydrogen (secondary N) is 2. The molecule has 1 saturated heterocycles. The lowest BCUT2D eigenvalue weighted by Crippen LogP contribution is -2.32. The summed E-state index contributed by atoms with van der Waals surface area (Å²) in [5, 5.41) is 11.0. The van der Waals surface area contributed by atoms with Gasteiger partial charge in [0.15, 0.2) is 5.82 Å². The van der Waals surface area contributed by atoms with Crippen molar-refractivity contribution in [3.63, 3.8) is 0 Å². The molecule has 2 N–H and O–H groups in total. The summed E-state index contributed by atoms with van der Waals surface area (Å²) in [7, 11) is 0. The molecule has 0 bridgehead atoms. The van der Waals surface area contributed by atoms with E-state index in [1.54, 1.807) is 0 Å². The first-order valence-electron chi connectivity index (χ1n) is 7.08. The summed E-state index contributed by atoms with van der Waals surface area (Å²) in [5.41, 5.74) is 1.06. The molecule has 0 saturated carbocycles. The van der Waals surface area contributed by atoms with Crippen LogP contribution in [0.25, 0.3) is 11.4 Å². The second-order valence-corrected chi connectivity index (χ2v) is 5.22. The van der Waals surface area contributed by atoms with Gasteiger partial charge in [0, 0.05) is 5.56 Å². The van der Waals surface area contributed by atoms with Crippen molar-refractivity contribution < 1.29 is 0 Å². The topological polar surface area (TPSA) is 53.6 Å². The lowest BCUT2D eigenvalue weighted by atomic mass is 9.90. The van der Waals surface area contributed by atoms with Crippen LogP contribution in [0.5, 0.6) is 0 Å². The van der Waals surface area contributed by atoms with Gasteiger partial charge in [-0.15, -0.1) is 0 Å². The Bertz CT molecular complexity index is 520.